The summed E-state index contributed by atoms with van der Waals surface area (Å²) < 4.78 is 24.7. The first kappa shape index (κ1) is 27.3. The second-order valence-corrected chi connectivity index (χ2v) is 9.38. The summed E-state index contributed by atoms with van der Waals surface area (Å²) in [5.74, 6) is -0.534. The minimum Gasteiger partial charge on any atom is -0.497 e. The van der Waals surface area contributed by atoms with Gasteiger partial charge >= 0.3 is 6.09 Å². The van der Waals surface area contributed by atoms with E-state index in [9.17, 15) is 18.8 Å². The molecule has 1 saturated heterocycles. The number of carbonyl (C=O) groups excluding carboxylic acids is 3. The van der Waals surface area contributed by atoms with Gasteiger partial charge < -0.3 is 20.1 Å². The molecule has 10 heteroatoms. The van der Waals surface area contributed by atoms with Gasteiger partial charge in [-0.25, -0.2) is 9.18 Å². The highest BCUT2D eigenvalue weighted by molar-refractivity contribution is 6.04. The maximum absolute atomic E-state index is 13.9. The summed E-state index contributed by atoms with van der Waals surface area (Å²) in [6.07, 6.45) is 1.62. The van der Waals surface area contributed by atoms with E-state index in [-0.39, 0.29) is 19.0 Å². The summed E-state index contributed by atoms with van der Waals surface area (Å²) in [6.45, 7) is 0.208. The first-order valence-corrected chi connectivity index (χ1v) is 12.8. The molecule has 2 N–H and O–H groups in total. The SMILES string of the molecule is COc1ccc(C(=O)Nc2ccc(C3OC(=O)N(Cc4cccc(F)c4)C3C(=O)NCc3ccncc3)cc2)cc1. The summed E-state index contributed by atoms with van der Waals surface area (Å²) in [4.78, 5) is 44.4. The minimum absolute atomic E-state index is 0.0174. The highest BCUT2D eigenvalue weighted by Crippen LogP contribution is 2.34. The lowest BCUT2D eigenvalue weighted by Crippen LogP contribution is -2.46. The quantitative estimate of drug-likeness (QED) is 0.306. The fourth-order valence-electron chi connectivity index (χ4n) is 4.54. The van der Waals surface area contributed by atoms with Gasteiger partial charge in [0.2, 0.25) is 5.91 Å². The number of halogens is 1. The van der Waals surface area contributed by atoms with E-state index in [1.165, 1.54) is 17.0 Å². The molecule has 2 unspecified atom stereocenters. The van der Waals surface area contributed by atoms with Crippen LogP contribution in [0.5, 0.6) is 5.75 Å². The first-order chi connectivity index (χ1) is 19.9. The Balaban J connectivity index is 1.35. The van der Waals surface area contributed by atoms with Crippen LogP contribution in [-0.4, -0.2) is 40.9 Å². The maximum Gasteiger partial charge on any atom is 0.411 e. The predicted octanol–water partition coefficient (Wildman–Crippen LogP) is 4.86. The fraction of sp³-hybridized carbons (Fsp3) is 0.161. The van der Waals surface area contributed by atoms with Crippen LogP contribution in [0.4, 0.5) is 14.9 Å². The number of amides is 3. The van der Waals surface area contributed by atoms with Crippen LogP contribution in [0, 0.1) is 5.82 Å². The number of aromatic nitrogens is 1. The van der Waals surface area contributed by atoms with Crippen LogP contribution in [0.15, 0.2) is 97.3 Å². The molecule has 0 spiro atoms. The smallest absolute Gasteiger partial charge is 0.411 e. The van der Waals surface area contributed by atoms with Crippen molar-refractivity contribution >= 4 is 23.6 Å². The van der Waals surface area contributed by atoms with Gasteiger partial charge in [0, 0.05) is 30.2 Å². The number of anilines is 1. The van der Waals surface area contributed by atoms with Crippen molar-refractivity contribution in [3.8, 4) is 5.75 Å². The van der Waals surface area contributed by atoms with Crippen molar-refractivity contribution in [3.63, 3.8) is 0 Å². The molecule has 2 atom stereocenters. The largest absolute Gasteiger partial charge is 0.497 e. The Kier molecular flexibility index (Phi) is 8.19. The van der Waals surface area contributed by atoms with E-state index in [1.54, 1.807) is 92.3 Å². The number of hydrogen-bond donors (Lipinski definition) is 2. The van der Waals surface area contributed by atoms with Gasteiger partial charge in [0.1, 0.15) is 11.6 Å². The molecule has 1 aliphatic rings. The molecule has 9 nitrogen and oxygen atoms in total. The Labute approximate surface area is 235 Å². The van der Waals surface area contributed by atoms with Gasteiger partial charge in [-0.2, -0.15) is 0 Å². The molecule has 0 bridgehead atoms. The Morgan fingerprint density at radius 1 is 0.976 bits per heavy atom. The van der Waals surface area contributed by atoms with E-state index < -0.39 is 30.0 Å². The van der Waals surface area contributed by atoms with E-state index >= 15 is 0 Å². The number of hydrogen-bond acceptors (Lipinski definition) is 6. The third-order valence-corrected chi connectivity index (χ3v) is 6.66. The van der Waals surface area contributed by atoms with Gasteiger partial charge in [-0.3, -0.25) is 19.5 Å². The van der Waals surface area contributed by atoms with Crippen LogP contribution < -0.4 is 15.4 Å². The summed E-state index contributed by atoms with van der Waals surface area (Å²) in [6, 6.07) is 21.8. The zero-order valence-electron chi connectivity index (χ0n) is 22.1. The molecule has 5 rings (SSSR count). The van der Waals surface area contributed by atoms with Gasteiger partial charge in [0.15, 0.2) is 12.1 Å². The summed E-state index contributed by atoms with van der Waals surface area (Å²) >= 11 is 0. The van der Waals surface area contributed by atoms with Crippen LogP contribution in [0.3, 0.4) is 0 Å². The lowest BCUT2D eigenvalue weighted by atomic mass is 10.00. The molecule has 0 saturated carbocycles. The zero-order chi connectivity index (χ0) is 28.8. The number of benzene rings is 3. The molecule has 3 aromatic carbocycles. The molecule has 41 heavy (non-hydrogen) atoms. The van der Waals surface area contributed by atoms with Gasteiger partial charge in [-0.05, 0) is 77.4 Å². The Morgan fingerprint density at radius 3 is 2.39 bits per heavy atom. The van der Waals surface area contributed by atoms with Crippen LogP contribution >= 0.6 is 0 Å². The maximum atomic E-state index is 13.9. The molecule has 3 amide bonds. The zero-order valence-corrected chi connectivity index (χ0v) is 22.1. The molecule has 0 aliphatic carbocycles. The lowest BCUT2D eigenvalue weighted by molar-refractivity contribution is -0.126. The highest BCUT2D eigenvalue weighted by Gasteiger charge is 2.47. The van der Waals surface area contributed by atoms with E-state index in [0.717, 1.165) is 5.56 Å². The van der Waals surface area contributed by atoms with Crippen molar-refractivity contribution in [2.24, 2.45) is 0 Å². The Hall–Kier alpha value is -5.25. The average Bonchev–Trinajstić information content (AvgIpc) is 3.32. The minimum atomic E-state index is -1.02. The third kappa shape index (κ3) is 6.50. The van der Waals surface area contributed by atoms with Gasteiger partial charge in [0.25, 0.3) is 5.91 Å². The van der Waals surface area contributed by atoms with Gasteiger partial charge in [0.05, 0.1) is 13.7 Å². The number of nitrogens with one attached hydrogen (secondary N) is 2. The number of nitrogens with zero attached hydrogens (tertiary/aromatic N) is 2. The van der Waals surface area contributed by atoms with E-state index in [1.807, 2.05) is 0 Å². The predicted molar refractivity (Wildman–Crippen MR) is 148 cm³/mol. The van der Waals surface area contributed by atoms with Crippen molar-refractivity contribution in [1.29, 1.82) is 0 Å². The van der Waals surface area contributed by atoms with Crippen molar-refractivity contribution in [3.05, 3.63) is 125 Å². The van der Waals surface area contributed by atoms with Crippen LogP contribution in [0.1, 0.15) is 33.2 Å². The van der Waals surface area contributed by atoms with Gasteiger partial charge in [-0.1, -0.05) is 24.3 Å². The van der Waals surface area contributed by atoms with E-state index in [4.69, 9.17) is 9.47 Å². The second kappa shape index (κ2) is 12.3. The van der Waals surface area contributed by atoms with Gasteiger partial charge in [-0.15, -0.1) is 0 Å². The fourth-order valence-corrected chi connectivity index (χ4v) is 4.54. The summed E-state index contributed by atoms with van der Waals surface area (Å²) in [5, 5.41) is 5.70. The average molecular weight is 555 g/mol. The third-order valence-electron chi connectivity index (χ3n) is 6.66. The van der Waals surface area contributed by atoms with Crippen LogP contribution in [0.2, 0.25) is 0 Å². The molecule has 1 aliphatic heterocycles. The number of ether oxygens (including phenoxy) is 2. The van der Waals surface area contributed by atoms with Crippen molar-refractivity contribution < 1.29 is 28.2 Å². The monoisotopic (exact) mass is 554 g/mol. The van der Waals surface area contributed by atoms with Crippen LogP contribution in [0.25, 0.3) is 0 Å². The molecule has 2 heterocycles. The Bertz CT molecular complexity index is 1530. The lowest BCUT2D eigenvalue weighted by Gasteiger charge is -2.24. The Morgan fingerprint density at radius 2 is 1.71 bits per heavy atom. The number of carbonyl (C=O) groups is 3. The second-order valence-electron chi connectivity index (χ2n) is 9.38. The summed E-state index contributed by atoms with van der Waals surface area (Å²) in [5.41, 5.74) is 2.90. The molecule has 208 valence electrons. The molecule has 0 radical (unpaired) electrons. The highest BCUT2D eigenvalue weighted by atomic mass is 19.1. The number of methoxy groups -OCH3 is 1. The molecule has 1 fully saturated rings. The standard InChI is InChI=1S/C31H27FN4O5/c1-40-26-11-7-23(8-12-26)29(37)35-25-9-5-22(6-10-25)28-27(30(38)34-18-20-13-15-33-16-14-20)36(31(39)41-28)19-21-3-2-4-24(32)17-21/h2-17,27-28H,18-19H2,1H3,(H,34,38)(H,35,37). The van der Waals surface area contributed by atoms with E-state index in [0.29, 0.717) is 28.1 Å². The summed E-state index contributed by atoms with van der Waals surface area (Å²) in [7, 11) is 1.55. The molecular weight excluding hydrogens is 527 g/mol. The molecule has 4 aromatic rings. The molecule has 1 aromatic heterocycles. The van der Waals surface area contributed by atoms with Crippen molar-refractivity contribution in [2.75, 3.05) is 12.4 Å². The number of rotatable bonds is 9. The van der Waals surface area contributed by atoms with Crippen LogP contribution in [-0.2, 0) is 22.6 Å². The van der Waals surface area contributed by atoms with Crippen molar-refractivity contribution in [2.45, 2.75) is 25.2 Å². The first-order valence-electron chi connectivity index (χ1n) is 12.8. The topological polar surface area (TPSA) is 110 Å². The number of cyclic esters (lactones) is 1. The number of pyridine rings is 1. The van der Waals surface area contributed by atoms with E-state index in [2.05, 4.69) is 15.6 Å². The molecular formula is C31H27FN4O5. The van der Waals surface area contributed by atoms with Crippen molar-refractivity contribution in [1.82, 2.24) is 15.2 Å². The normalized spacial score (nSPS) is 16.1.